The van der Waals surface area contributed by atoms with E-state index in [1.807, 2.05) is 6.07 Å². The second-order valence-corrected chi connectivity index (χ2v) is 9.33. The van der Waals surface area contributed by atoms with E-state index in [1.54, 1.807) is 12.5 Å². The van der Waals surface area contributed by atoms with E-state index in [-0.39, 0.29) is 23.7 Å². The van der Waals surface area contributed by atoms with Gasteiger partial charge in [-0.1, -0.05) is 32.0 Å². The van der Waals surface area contributed by atoms with Gasteiger partial charge in [0.25, 0.3) is 0 Å². The highest BCUT2D eigenvalue weighted by Crippen LogP contribution is 2.51. The fraction of sp³-hybridized carbons (Fsp3) is 0.560. The summed E-state index contributed by atoms with van der Waals surface area (Å²) in [4.78, 5) is 15.4. The van der Waals surface area contributed by atoms with Gasteiger partial charge in [0.2, 0.25) is 0 Å². The Morgan fingerprint density at radius 1 is 1.20 bits per heavy atom. The molecule has 2 atom stereocenters. The first kappa shape index (κ1) is 19.7. The zero-order valence-corrected chi connectivity index (χ0v) is 18.0. The maximum atomic E-state index is 13.0. The first-order valence-electron chi connectivity index (χ1n) is 11.5. The Morgan fingerprint density at radius 2 is 2.00 bits per heavy atom. The Labute approximate surface area is 178 Å². The van der Waals surface area contributed by atoms with Crippen LogP contribution in [0.3, 0.4) is 0 Å². The number of hydrogen-bond acceptors (Lipinski definition) is 4. The van der Waals surface area contributed by atoms with Crippen LogP contribution in [0, 0.1) is 11.3 Å². The molecule has 3 aliphatic heterocycles. The smallest absolute Gasteiger partial charge is 0.407 e. The maximum absolute atomic E-state index is 13.0. The van der Waals surface area contributed by atoms with Crippen LogP contribution in [0.15, 0.2) is 41.2 Å². The predicted molar refractivity (Wildman–Crippen MR) is 116 cm³/mol. The van der Waals surface area contributed by atoms with Crippen molar-refractivity contribution in [3.05, 3.63) is 47.9 Å². The lowest BCUT2D eigenvalue weighted by atomic mass is 9.76. The summed E-state index contributed by atoms with van der Waals surface area (Å²) in [6, 6.07) is 8.57. The molecule has 3 fully saturated rings. The van der Waals surface area contributed by atoms with Crippen LogP contribution in [0.1, 0.15) is 56.7 Å². The molecule has 1 amide bonds. The number of rotatable bonds is 5. The SMILES string of the molecule is CCC1(CC)Cc2cc(-c3ccoc3)ccc2C1NC(=O)O[C@@H]1CN2CCC1CC2. The second kappa shape index (κ2) is 7.77. The van der Waals surface area contributed by atoms with Crippen LogP contribution < -0.4 is 5.32 Å². The van der Waals surface area contributed by atoms with E-state index in [9.17, 15) is 4.79 Å². The van der Waals surface area contributed by atoms with Gasteiger partial charge in [-0.2, -0.15) is 0 Å². The van der Waals surface area contributed by atoms with Crippen molar-refractivity contribution < 1.29 is 13.9 Å². The van der Waals surface area contributed by atoms with Gasteiger partial charge in [-0.15, -0.1) is 0 Å². The van der Waals surface area contributed by atoms with Crippen molar-refractivity contribution in [1.29, 1.82) is 0 Å². The Bertz CT molecular complexity index is 895. The third kappa shape index (κ3) is 3.33. The monoisotopic (exact) mass is 408 g/mol. The van der Waals surface area contributed by atoms with Crippen LogP contribution in [-0.2, 0) is 11.2 Å². The summed E-state index contributed by atoms with van der Waals surface area (Å²) in [7, 11) is 0. The molecule has 6 rings (SSSR count). The molecule has 1 aromatic carbocycles. The fourth-order valence-corrected chi connectivity index (χ4v) is 5.93. The number of fused-ring (bicyclic) bond motifs is 4. The lowest BCUT2D eigenvalue weighted by molar-refractivity contribution is -0.0353. The summed E-state index contributed by atoms with van der Waals surface area (Å²) in [5.41, 5.74) is 4.85. The zero-order valence-electron chi connectivity index (χ0n) is 18.0. The molecular formula is C25H32N2O3. The van der Waals surface area contributed by atoms with Gasteiger partial charge in [0, 0.05) is 12.1 Å². The summed E-state index contributed by atoms with van der Waals surface area (Å²) < 4.78 is 11.2. The molecule has 0 spiro atoms. The molecule has 30 heavy (non-hydrogen) atoms. The van der Waals surface area contributed by atoms with Crippen LogP contribution in [-0.4, -0.2) is 36.7 Å². The minimum absolute atomic E-state index is 0.00511. The molecule has 1 aromatic heterocycles. The third-order valence-corrected chi connectivity index (χ3v) is 7.99. The maximum Gasteiger partial charge on any atom is 0.407 e. The molecule has 5 nitrogen and oxygen atoms in total. The number of hydrogen-bond donors (Lipinski definition) is 1. The fourth-order valence-electron chi connectivity index (χ4n) is 5.93. The van der Waals surface area contributed by atoms with Crippen LogP contribution in [0.5, 0.6) is 0 Å². The number of nitrogens with one attached hydrogen (secondary N) is 1. The number of furan rings is 1. The van der Waals surface area contributed by atoms with Gasteiger partial charge in [0.05, 0.1) is 18.6 Å². The number of carbonyl (C=O) groups is 1. The minimum atomic E-state index is -0.253. The van der Waals surface area contributed by atoms with E-state index in [2.05, 4.69) is 42.3 Å². The largest absolute Gasteiger partial charge is 0.472 e. The molecule has 4 aliphatic rings. The molecule has 1 N–H and O–H groups in total. The molecule has 5 heteroatoms. The van der Waals surface area contributed by atoms with Crippen molar-refractivity contribution in [3.63, 3.8) is 0 Å². The Morgan fingerprint density at radius 3 is 2.63 bits per heavy atom. The van der Waals surface area contributed by atoms with E-state index in [1.165, 1.54) is 16.7 Å². The van der Waals surface area contributed by atoms with Crippen LogP contribution >= 0.6 is 0 Å². The summed E-state index contributed by atoms with van der Waals surface area (Å²) in [5.74, 6) is 0.524. The quantitative estimate of drug-likeness (QED) is 0.741. The highest BCUT2D eigenvalue weighted by atomic mass is 16.6. The molecule has 2 bridgehead atoms. The van der Waals surface area contributed by atoms with E-state index in [4.69, 9.17) is 9.15 Å². The molecule has 1 aliphatic carbocycles. The number of nitrogens with zero attached hydrogens (tertiary/aromatic N) is 1. The Hall–Kier alpha value is -2.27. The predicted octanol–water partition coefficient (Wildman–Crippen LogP) is 5.17. The lowest BCUT2D eigenvalue weighted by Crippen LogP contribution is -2.53. The van der Waals surface area contributed by atoms with E-state index < -0.39 is 0 Å². The van der Waals surface area contributed by atoms with Gasteiger partial charge < -0.3 is 14.5 Å². The molecule has 2 aromatic rings. The molecule has 3 saturated heterocycles. The van der Waals surface area contributed by atoms with Gasteiger partial charge in [0.15, 0.2) is 0 Å². The summed E-state index contributed by atoms with van der Waals surface area (Å²) in [6.45, 7) is 7.66. The van der Waals surface area contributed by atoms with Gasteiger partial charge in [-0.3, -0.25) is 4.90 Å². The number of amides is 1. The summed E-state index contributed by atoms with van der Waals surface area (Å²) in [5, 5.41) is 3.29. The van der Waals surface area contributed by atoms with Crippen LogP contribution in [0.2, 0.25) is 0 Å². The lowest BCUT2D eigenvalue weighted by Gasteiger charge is -2.44. The number of benzene rings is 1. The Balaban J connectivity index is 1.37. The topological polar surface area (TPSA) is 54.7 Å². The molecule has 0 radical (unpaired) electrons. The first-order valence-corrected chi connectivity index (χ1v) is 11.5. The first-order chi connectivity index (χ1) is 14.6. The molecular weight excluding hydrogens is 376 g/mol. The summed E-state index contributed by atoms with van der Waals surface area (Å²) >= 11 is 0. The van der Waals surface area contributed by atoms with E-state index in [0.717, 1.165) is 57.3 Å². The van der Waals surface area contributed by atoms with Gasteiger partial charge in [-0.05, 0) is 79.3 Å². The van der Waals surface area contributed by atoms with Gasteiger partial charge in [0.1, 0.15) is 6.10 Å². The van der Waals surface area contributed by atoms with Crippen LogP contribution in [0.4, 0.5) is 4.79 Å². The van der Waals surface area contributed by atoms with E-state index in [0.29, 0.717) is 5.92 Å². The highest BCUT2D eigenvalue weighted by Gasteiger charge is 2.45. The highest BCUT2D eigenvalue weighted by molar-refractivity contribution is 5.70. The van der Waals surface area contributed by atoms with Crippen molar-refractivity contribution in [3.8, 4) is 11.1 Å². The van der Waals surface area contributed by atoms with Gasteiger partial charge in [-0.25, -0.2) is 4.79 Å². The number of ether oxygens (including phenoxy) is 1. The number of carbonyl (C=O) groups excluding carboxylic acids is 1. The average Bonchev–Trinajstić information content (AvgIpc) is 3.41. The van der Waals surface area contributed by atoms with Crippen molar-refractivity contribution >= 4 is 6.09 Å². The third-order valence-electron chi connectivity index (χ3n) is 7.99. The molecule has 4 heterocycles. The molecule has 0 saturated carbocycles. The van der Waals surface area contributed by atoms with Crippen molar-refractivity contribution in [2.45, 2.75) is 58.1 Å². The van der Waals surface area contributed by atoms with Crippen molar-refractivity contribution in [1.82, 2.24) is 10.2 Å². The van der Waals surface area contributed by atoms with E-state index >= 15 is 0 Å². The normalized spacial score (nSPS) is 28.9. The second-order valence-electron chi connectivity index (χ2n) is 9.33. The van der Waals surface area contributed by atoms with Crippen molar-refractivity contribution in [2.24, 2.45) is 11.3 Å². The average molecular weight is 409 g/mol. The number of alkyl carbamates (subject to hydrolysis) is 1. The van der Waals surface area contributed by atoms with Crippen LogP contribution in [0.25, 0.3) is 11.1 Å². The molecule has 1 unspecified atom stereocenters. The Kier molecular flexibility index (Phi) is 5.10. The zero-order chi connectivity index (χ0) is 20.7. The summed E-state index contributed by atoms with van der Waals surface area (Å²) in [6.07, 6.45) is 8.58. The number of piperidine rings is 3. The minimum Gasteiger partial charge on any atom is -0.472 e. The van der Waals surface area contributed by atoms with Crippen molar-refractivity contribution in [2.75, 3.05) is 19.6 Å². The standard InChI is InChI=1S/C25H32N2O3/c1-3-25(4-2)14-20-13-18(19-9-12-29-16-19)5-6-21(20)23(25)26-24(28)30-22-15-27-10-7-17(22)8-11-27/h5-6,9,12-13,16-17,22-23H,3-4,7-8,10-11,14-15H2,1-2H3,(H,26,28)/t22-,23?/m1/s1. The molecule has 160 valence electrons. The van der Waals surface area contributed by atoms with Gasteiger partial charge >= 0.3 is 6.09 Å².